The van der Waals surface area contributed by atoms with E-state index in [2.05, 4.69) is 0 Å². The van der Waals surface area contributed by atoms with E-state index in [0.29, 0.717) is 11.5 Å². The lowest BCUT2D eigenvalue weighted by Gasteiger charge is -2.19. The zero-order chi connectivity index (χ0) is 13.1. The van der Waals surface area contributed by atoms with E-state index >= 15 is 0 Å². The lowest BCUT2D eigenvalue weighted by Crippen LogP contribution is -2.46. The first-order valence-electron chi connectivity index (χ1n) is 5.14. The van der Waals surface area contributed by atoms with Crippen LogP contribution in [0.3, 0.4) is 0 Å². The highest BCUT2D eigenvalue weighted by molar-refractivity contribution is 5.85. The van der Waals surface area contributed by atoms with Gasteiger partial charge in [-0.1, -0.05) is 6.07 Å². The van der Waals surface area contributed by atoms with E-state index in [1.807, 2.05) is 0 Å². The van der Waals surface area contributed by atoms with Crippen LogP contribution in [0.2, 0.25) is 0 Å². The molecule has 1 atom stereocenters. The number of aliphatic carboxylic acids is 1. The summed E-state index contributed by atoms with van der Waals surface area (Å²) in [6, 6.07) is 5.23. The van der Waals surface area contributed by atoms with E-state index in [-0.39, 0.29) is 18.8 Å². The normalized spacial score (nSPS) is 13.1. The van der Waals surface area contributed by atoms with Gasteiger partial charge in [-0.05, 0) is 24.6 Å². The van der Waals surface area contributed by atoms with Gasteiger partial charge in [0.1, 0.15) is 5.54 Å². The van der Waals surface area contributed by atoms with Gasteiger partial charge in [-0.3, -0.25) is 4.79 Å². The second-order valence-corrected chi connectivity index (χ2v) is 4.09. The first-order valence-corrected chi connectivity index (χ1v) is 5.14. The SMILES string of the molecule is COc1ccc(CC(C)(N)C(=O)O)cc1OC.Cl. The molecule has 1 rings (SSSR count). The van der Waals surface area contributed by atoms with Crippen molar-refractivity contribution in [3.63, 3.8) is 0 Å². The lowest BCUT2D eigenvalue weighted by molar-refractivity contribution is -0.142. The van der Waals surface area contributed by atoms with Gasteiger partial charge in [-0.25, -0.2) is 0 Å². The first-order chi connectivity index (χ1) is 7.90. The fourth-order valence-corrected chi connectivity index (χ4v) is 1.49. The highest BCUT2D eigenvalue weighted by Gasteiger charge is 2.28. The van der Waals surface area contributed by atoms with Gasteiger partial charge in [0, 0.05) is 6.42 Å². The fraction of sp³-hybridized carbons (Fsp3) is 0.417. The molecule has 0 saturated carbocycles. The predicted octanol–water partition coefficient (Wildman–Crippen LogP) is 1.47. The molecular weight excluding hydrogens is 258 g/mol. The van der Waals surface area contributed by atoms with Crippen LogP contribution in [0.15, 0.2) is 18.2 Å². The summed E-state index contributed by atoms with van der Waals surface area (Å²) in [4.78, 5) is 10.9. The Kier molecular flexibility index (Phi) is 5.94. The largest absolute Gasteiger partial charge is 0.493 e. The third kappa shape index (κ3) is 3.78. The Morgan fingerprint density at radius 1 is 1.33 bits per heavy atom. The zero-order valence-electron chi connectivity index (χ0n) is 10.6. The number of hydrogen-bond acceptors (Lipinski definition) is 4. The van der Waals surface area contributed by atoms with E-state index in [0.717, 1.165) is 5.56 Å². The number of benzene rings is 1. The number of carboxylic acids is 1. The maximum Gasteiger partial charge on any atom is 0.323 e. The van der Waals surface area contributed by atoms with Crippen LogP contribution in [-0.2, 0) is 11.2 Å². The van der Waals surface area contributed by atoms with E-state index in [1.54, 1.807) is 25.3 Å². The second-order valence-electron chi connectivity index (χ2n) is 4.09. The van der Waals surface area contributed by atoms with Crippen LogP contribution in [0.4, 0.5) is 0 Å². The molecule has 0 aliphatic rings. The van der Waals surface area contributed by atoms with Crippen LogP contribution in [0.1, 0.15) is 12.5 Å². The minimum absolute atomic E-state index is 0. The molecule has 18 heavy (non-hydrogen) atoms. The third-order valence-corrected chi connectivity index (χ3v) is 2.51. The van der Waals surface area contributed by atoms with Crippen molar-refractivity contribution in [2.24, 2.45) is 5.73 Å². The molecule has 0 fully saturated rings. The summed E-state index contributed by atoms with van der Waals surface area (Å²) in [6.45, 7) is 1.48. The monoisotopic (exact) mass is 275 g/mol. The molecule has 1 aromatic rings. The Bertz CT molecular complexity index is 421. The van der Waals surface area contributed by atoms with Crippen LogP contribution in [0, 0.1) is 0 Å². The topological polar surface area (TPSA) is 81.8 Å². The van der Waals surface area contributed by atoms with Crippen LogP contribution >= 0.6 is 12.4 Å². The van der Waals surface area contributed by atoms with Gasteiger partial charge in [-0.15, -0.1) is 12.4 Å². The number of carboxylic acid groups (broad SMARTS) is 1. The molecule has 0 amide bonds. The number of halogens is 1. The fourth-order valence-electron chi connectivity index (χ4n) is 1.49. The zero-order valence-corrected chi connectivity index (χ0v) is 11.4. The Balaban J connectivity index is 0.00000289. The summed E-state index contributed by atoms with van der Waals surface area (Å²) in [5.41, 5.74) is 5.18. The highest BCUT2D eigenvalue weighted by atomic mass is 35.5. The average molecular weight is 276 g/mol. The molecular formula is C12H18ClNO4. The van der Waals surface area contributed by atoms with Gasteiger partial charge in [-0.2, -0.15) is 0 Å². The van der Waals surface area contributed by atoms with E-state index in [1.165, 1.54) is 14.0 Å². The summed E-state index contributed by atoms with van der Waals surface area (Å²) in [7, 11) is 3.07. The molecule has 0 aromatic heterocycles. The van der Waals surface area contributed by atoms with Crippen molar-refractivity contribution in [1.82, 2.24) is 0 Å². The van der Waals surface area contributed by atoms with Crippen molar-refractivity contribution in [3.05, 3.63) is 23.8 Å². The number of rotatable bonds is 5. The third-order valence-electron chi connectivity index (χ3n) is 2.51. The second kappa shape index (κ2) is 6.47. The molecule has 0 spiro atoms. The number of methoxy groups -OCH3 is 2. The molecule has 0 aliphatic carbocycles. The van der Waals surface area contributed by atoms with Crippen LogP contribution in [-0.4, -0.2) is 30.8 Å². The summed E-state index contributed by atoms with van der Waals surface area (Å²) in [6.07, 6.45) is 0.225. The highest BCUT2D eigenvalue weighted by Crippen LogP contribution is 2.28. The van der Waals surface area contributed by atoms with Gasteiger partial charge in [0.2, 0.25) is 0 Å². The average Bonchev–Trinajstić information content (AvgIpc) is 2.28. The summed E-state index contributed by atoms with van der Waals surface area (Å²) >= 11 is 0. The predicted molar refractivity (Wildman–Crippen MR) is 70.7 cm³/mol. The van der Waals surface area contributed by atoms with Gasteiger partial charge in [0.15, 0.2) is 11.5 Å². The van der Waals surface area contributed by atoms with E-state index in [9.17, 15) is 4.79 Å². The summed E-state index contributed by atoms with van der Waals surface area (Å²) in [5.74, 6) is 0.128. The molecule has 0 radical (unpaired) electrons. The van der Waals surface area contributed by atoms with Crippen molar-refractivity contribution in [3.8, 4) is 11.5 Å². The van der Waals surface area contributed by atoms with Gasteiger partial charge in [0.25, 0.3) is 0 Å². The molecule has 1 unspecified atom stereocenters. The maximum atomic E-state index is 10.9. The molecule has 3 N–H and O–H groups in total. The molecule has 0 heterocycles. The van der Waals surface area contributed by atoms with Crippen LogP contribution < -0.4 is 15.2 Å². The van der Waals surface area contributed by atoms with Crippen molar-refractivity contribution >= 4 is 18.4 Å². The van der Waals surface area contributed by atoms with Crippen molar-refractivity contribution in [1.29, 1.82) is 0 Å². The Morgan fingerprint density at radius 2 is 1.89 bits per heavy atom. The molecule has 0 aliphatic heterocycles. The number of nitrogens with two attached hydrogens (primary N) is 1. The Hall–Kier alpha value is -1.46. The van der Waals surface area contributed by atoms with Gasteiger partial charge < -0.3 is 20.3 Å². The number of hydrogen-bond donors (Lipinski definition) is 2. The molecule has 6 heteroatoms. The molecule has 0 bridgehead atoms. The van der Waals surface area contributed by atoms with Crippen LogP contribution in [0.5, 0.6) is 11.5 Å². The Morgan fingerprint density at radius 3 is 2.33 bits per heavy atom. The quantitative estimate of drug-likeness (QED) is 0.850. The minimum Gasteiger partial charge on any atom is -0.493 e. The van der Waals surface area contributed by atoms with Crippen molar-refractivity contribution in [2.45, 2.75) is 18.9 Å². The maximum absolute atomic E-state index is 10.9. The summed E-state index contributed by atoms with van der Waals surface area (Å²) in [5, 5.41) is 8.95. The molecule has 1 aromatic carbocycles. The standard InChI is InChI=1S/C12H17NO4.ClH/c1-12(13,11(14)15)7-8-4-5-9(16-2)10(6-8)17-3;/h4-6H,7,13H2,1-3H3,(H,14,15);1H. The van der Waals surface area contributed by atoms with Crippen molar-refractivity contribution in [2.75, 3.05) is 14.2 Å². The number of ether oxygens (including phenoxy) is 2. The smallest absolute Gasteiger partial charge is 0.323 e. The molecule has 0 saturated heterocycles. The summed E-state index contributed by atoms with van der Waals surface area (Å²) < 4.78 is 10.2. The Labute approximate surface area is 112 Å². The minimum atomic E-state index is -1.29. The molecule has 5 nitrogen and oxygen atoms in total. The van der Waals surface area contributed by atoms with E-state index < -0.39 is 11.5 Å². The van der Waals surface area contributed by atoms with Crippen molar-refractivity contribution < 1.29 is 19.4 Å². The van der Waals surface area contributed by atoms with Gasteiger partial charge in [0.05, 0.1) is 14.2 Å². The van der Waals surface area contributed by atoms with Gasteiger partial charge >= 0.3 is 5.97 Å². The first kappa shape index (κ1) is 16.5. The number of carbonyl (C=O) groups is 1. The van der Waals surface area contributed by atoms with E-state index in [4.69, 9.17) is 20.3 Å². The molecule has 102 valence electrons. The van der Waals surface area contributed by atoms with Crippen LogP contribution in [0.25, 0.3) is 0 Å². The lowest BCUT2D eigenvalue weighted by atomic mass is 9.94.